The van der Waals surface area contributed by atoms with Gasteiger partial charge in [0.2, 0.25) is 0 Å². The average Bonchev–Trinajstić information content (AvgIpc) is 2.78. The number of aryl methyl sites for hydroxylation is 1. The number of rotatable bonds is 6. The molecule has 0 bridgehead atoms. The highest BCUT2D eigenvalue weighted by molar-refractivity contribution is 5.88. The van der Waals surface area contributed by atoms with E-state index in [1.54, 1.807) is 0 Å². The summed E-state index contributed by atoms with van der Waals surface area (Å²) >= 11 is 0. The largest absolute Gasteiger partial charge is 0.489 e. The SMILES string of the molecule is O=C(O)c1ccc(OC(=O)C2CCCc3cc(OCc4ccccc4)ccc32)cc1. The monoisotopic (exact) mass is 402 g/mol. The molecule has 3 aromatic carbocycles. The van der Waals surface area contributed by atoms with Crippen molar-refractivity contribution in [3.05, 3.63) is 95.1 Å². The van der Waals surface area contributed by atoms with Gasteiger partial charge in [-0.3, -0.25) is 4.79 Å². The number of carboxylic acid groups (broad SMARTS) is 1. The van der Waals surface area contributed by atoms with Crippen LogP contribution in [0.15, 0.2) is 72.8 Å². The number of aromatic carboxylic acids is 1. The molecule has 1 N–H and O–H groups in total. The van der Waals surface area contributed by atoms with Crippen LogP contribution in [0, 0.1) is 0 Å². The second-order valence-corrected chi connectivity index (χ2v) is 7.33. The van der Waals surface area contributed by atoms with Gasteiger partial charge in [0, 0.05) is 0 Å². The van der Waals surface area contributed by atoms with E-state index in [0.717, 1.165) is 41.7 Å². The molecular weight excluding hydrogens is 380 g/mol. The molecule has 0 amide bonds. The van der Waals surface area contributed by atoms with E-state index < -0.39 is 5.97 Å². The first-order valence-corrected chi connectivity index (χ1v) is 9.95. The molecule has 0 aliphatic heterocycles. The lowest BCUT2D eigenvalue weighted by Crippen LogP contribution is -2.23. The summed E-state index contributed by atoms with van der Waals surface area (Å²) in [5.41, 5.74) is 3.34. The number of hydrogen-bond donors (Lipinski definition) is 1. The van der Waals surface area contributed by atoms with Crippen LogP contribution in [0.3, 0.4) is 0 Å². The first-order valence-electron chi connectivity index (χ1n) is 9.95. The minimum Gasteiger partial charge on any atom is -0.489 e. The van der Waals surface area contributed by atoms with Crippen LogP contribution in [0.4, 0.5) is 0 Å². The zero-order valence-electron chi connectivity index (χ0n) is 16.4. The van der Waals surface area contributed by atoms with Gasteiger partial charge in [-0.05, 0) is 72.4 Å². The predicted molar refractivity (Wildman–Crippen MR) is 112 cm³/mol. The highest BCUT2D eigenvalue weighted by Crippen LogP contribution is 2.35. The fourth-order valence-electron chi connectivity index (χ4n) is 3.72. The first-order chi connectivity index (χ1) is 14.6. The smallest absolute Gasteiger partial charge is 0.335 e. The minimum absolute atomic E-state index is 0.154. The molecule has 0 spiro atoms. The molecule has 1 unspecified atom stereocenters. The van der Waals surface area contributed by atoms with Crippen LogP contribution in [-0.4, -0.2) is 17.0 Å². The Kier molecular flexibility index (Phi) is 5.80. The van der Waals surface area contributed by atoms with Gasteiger partial charge in [-0.15, -0.1) is 0 Å². The molecule has 1 aliphatic rings. The number of esters is 1. The van der Waals surface area contributed by atoms with E-state index in [4.69, 9.17) is 14.6 Å². The highest BCUT2D eigenvalue weighted by atomic mass is 16.5. The van der Waals surface area contributed by atoms with Crippen LogP contribution >= 0.6 is 0 Å². The number of carbonyl (C=O) groups excluding carboxylic acids is 1. The van der Waals surface area contributed by atoms with Gasteiger partial charge < -0.3 is 14.6 Å². The van der Waals surface area contributed by atoms with Crippen LogP contribution in [0.1, 0.15) is 45.8 Å². The third-order valence-electron chi connectivity index (χ3n) is 5.28. The summed E-state index contributed by atoms with van der Waals surface area (Å²) < 4.78 is 11.4. The Balaban J connectivity index is 1.45. The standard InChI is InChI=1S/C25H22O5/c26-24(27)18-9-11-20(12-10-18)30-25(28)23-8-4-7-19-15-21(13-14-22(19)23)29-16-17-5-2-1-3-6-17/h1-3,5-6,9-15,23H,4,7-8,16H2,(H,26,27). The lowest BCUT2D eigenvalue weighted by molar-refractivity contribution is -0.136. The van der Waals surface area contributed by atoms with E-state index in [0.29, 0.717) is 12.4 Å². The molecule has 0 saturated carbocycles. The number of ether oxygens (including phenoxy) is 2. The molecule has 3 aromatic rings. The summed E-state index contributed by atoms with van der Waals surface area (Å²) in [6, 6.07) is 21.7. The maximum Gasteiger partial charge on any atom is 0.335 e. The van der Waals surface area contributed by atoms with Gasteiger partial charge in [-0.2, -0.15) is 0 Å². The Morgan fingerprint density at radius 2 is 1.67 bits per heavy atom. The van der Waals surface area contributed by atoms with Crippen molar-refractivity contribution in [3.63, 3.8) is 0 Å². The highest BCUT2D eigenvalue weighted by Gasteiger charge is 2.28. The van der Waals surface area contributed by atoms with Crippen molar-refractivity contribution in [3.8, 4) is 11.5 Å². The first kappa shape index (κ1) is 19.7. The molecule has 5 heteroatoms. The van der Waals surface area contributed by atoms with E-state index in [2.05, 4.69) is 0 Å². The van der Waals surface area contributed by atoms with Crippen LogP contribution in [0.2, 0.25) is 0 Å². The predicted octanol–water partition coefficient (Wildman–Crippen LogP) is 4.99. The number of hydrogen-bond acceptors (Lipinski definition) is 4. The van der Waals surface area contributed by atoms with Crippen LogP contribution in [0.25, 0.3) is 0 Å². The molecule has 0 radical (unpaired) electrons. The van der Waals surface area contributed by atoms with Crippen molar-refractivity contribution >= 4 is 11.9 Å². The molecule has 30 heavy (non-hydrogen) atoms. The van der Waals surface area contributed by atoms with Gasteiger partial charge in [0.15, 0.2) is 0 Å². The van der Waals surface area contributed by atoms with Crippen molar-refractivity contribution in [2.45, 2.75) is 31.8 Å². The second kappa shape index (κ2) is 8.82. The molecule has 5 nitrogen and oxygen atoms in total. The van der Waals surface area contributed by atoms with E-state index in [1.165, 1.54) is 24.3 Å². The maximum atomic E-state index is 12.8. The Morgan fingerprint density at radius 3 is 2.40 bits per heavy atom. The summed E-state index contributed by atoms with van der Waals surface area (Å²) in [7, 11) is 0. The quantitative estimate of drug-likeness (QED) is 0.465. The van der Waals surface area contributed by atoms with E-state index >= 15 is 0 Å². The second-order valence-electron chi connectivity index (χ2n) is 7.33. The van der Waals surface area contributed by atoms with Gasteiger partial charge in [0.25, 0.3) is 0 Å². The topological polar surface area (TPSA) is 72.8 Å². The van der Waals surface area contributed by atoms with Crippen LogP contribution in [-0.2, 0) is 17.8 Å². The Morgan fingerprint density at radius 1 is 0.933 bits per heavy atom. The van der Waals surface area contributed by atoms with E-state index in [1.807, 2.05) is 48.5 Å². The van der Waals surface area contributed by atoms with Gasteiger partial charge in [0.05, 0.1) is 11.5 Å². The fourth-order valence-corrected chi connectivity index (χ4v) is 3.72. The molecular formula is C25H22O5. The molecule has 1 atom stereocenters. The van der Waals surface area contributed by atoms with Crippen molar-refractivity contribution in [1.29, 1.82) is 0 Å². The number of carbonyl (C=O) groups is 2. The third-order valence-corrected chi connectivity index (χ3v) is 5.28. The third kappa shape index (κ3) is 4.51. The molecule has 0 fully saturated rings. The lowest BCUT2D eigenvalue weighted by Gasteiger charge is -2.24. The molecule has 0 aromatic heterocycles. The van der Waals surface area contributed by atoms with Crippen molar-refractivity contribution in [2.75, 3.05) is 0 Å². The Hall–Kier alpha value is -3.60. The fraction of sp³-hybridized carbons (Fsp3) is 0.200. The van der Waals surface area contributed by atoms with Crippen molar-refractivity contribution in [2.24, 2.45) is 0 Å². The van der Waals surface area contributed by atoms with Crippen molar-refractivity contribution < 1.29 is 24.2 Å². The van der Waals surface area contributed by atoms with Gasteiger partial charge in [-0.25, -0.2) is 4.79 Å². The number of benzene rings is 3. The van der Waals surface area contributed by atoms with Gasteiger partial charge in [-0.1, -0.05) is 36.4 Å². The zero-order chi connectivity index (χ0) is 20.9. The van der Waals surface area contributed by atoms with Crippen molar-refractivity contribution in [1.82, 2.24) is 0 Å². The van der Waals surface area contributed by atoms with E-state index in [9.17, 15) is 9.59 Å². The summed E-state index contributed by atoms with van der Waals surface area (Å²) in [6.45, 7) is 0.497. The maximum absolute atomic E-state index is 12.8. The number of carboxylic acids is 1. The van der Waals surface area contributed by atoms with E-state index in [-0.39, 0.29) is 17.5 Å². The number of fused-ring (bicyclic) bond motifs is 1. The zero-order valence-corrected chi connectivity index (χ0v) is 16.4. The summed E-state index contributed by atoms with van der Waals surface area (Å²) in [5, 5.41) is 8.98. The molecule has 152 valence electrons. The minimum atomic E-state index is -1.01. The average molecular weight is 402 g/mol. The Bertz CT molecular complexity index is 1040. The lowest BCUT2D eigenvalue weighted by atomic mass is 9.83. The summed E-state index contributed by atoms with van der Waals surface area (Å²) in [5.74, 6) is -0.539. The van der Waals surface area contributed by atoms with Crippen LogP contribution < -0.4 is 9.47 Å². The normalized spacial score (nSPS) is 15.1. The molecule has 4 rings (SSSR count). The van der Waals surface area contributed by atoms with Gasteiger partial charge >= 0.3 is 11.9 Å². The summed E-state index contributed by atoms with van der Waals surface area (Å²) in [4.78, 5) is 23.7. The molecule has 1 aliphatic carbocycles. The molecule has 0 heterocycles. The van der Waals surface area contributed by atoms with Gasteiger partial charge in [0.1, 0.15) is 18.1 Å². The Labute approximate surface area is 174 Å². The van der Waals surface area contributed by atoms with Crippen LogP contribution in [0.5, 0.6) is 11.5 Å². The summed E-state index contributed by atoms with van der Waals surface area (Å²) in [6.07, 6.45) is 2.52. The molecule has 0 saturated heterocycles.